The van der Waals surface area contributed by atoms with Crippen molar-refractivity contribution in [1.29, 1.82) is 0 Å². The van der Waals surface area contributed by atoms with E-state index < -0.39 is 9.84 Å². The van der Waals surface area contributed by atoms with Crippen LogP contribution < -0.4 is 0 Å². The lowest BCUT2D eigenvalue weighted by atomic mass is 10.1. The lowest BCUT2D eigenvalue weighted by Gasteiger charge is -2.29. The maximum Gasteiger partial charge on any atom is 0.237 e. The molecule has 1 aliphatic heterocycles. The zero-order valence-corrected chi connectivity index (χ0v) is 10.5. The zero-order chi connectivity index (χ0) is 10.8. The highest BCUT2D eigenvalue weighted by Gasteiger charge is 2.23. The summed E-state index contributed by atoms with van der Waals surface area (Å²) in [5, 5.41) is 0. The highest BCUT2D eigenvalue weighted by Crippen LogP contribution is 2.17. The summed E-state index contributed by atoms with van der Waals surface area (Å²) >= 11 is 3.47. The highest BCUT2D eigenvalue weighted by molar-refractivity contribution is 9.09. The minimum Gasteiger partial charge on any atom is -0.342 e. The second-order valence-electron chi connectivity index (χ2n) is 3.63. The van der Waals surface area contributed by atoms with Crippen molar-refractivity contribution in [2.45, 2.75) is 17.7 Å². The zero-order valence-electron chi connectivity index (χ0n) is 8.07. The Morgan fingerprint density at radius 1 is 1.43 bits per heavy atom. The van der Waals surface area contributed by atoms with Gasteiger partial charge in [-0.05, 0) is 12.8 Å². The molecule has 1 aliphatic rings. The van der Waals surface area contributed by atoms with Gasteiger partial charge in [-0.3, -0.25) is 4.79 Å². The number of sulfone groups is 1. The molecule has 0 aromatic rings. The quantitative estimate of drug-likeness (QED) is 0.690. The summed E-state index contributed by atoms with van der Waals surface area (Å²) in [5.41, 5.74) is 0. The fourth-order valence-corrected chi connectivity index (χ4v) is 2.45. The van der Waals surface area contributed by atoms with E-state index in [4.69, 9.17) is 0 Å². The summed E-state index contributed by atoms with van der Waals surface area (Å²) in [7, 11) is -3.19. The maximum atomic E-state index is 11.5. The van der Waals surface area contributed by atoms with Crippen molar-refractivity contribution in [1.82, 2.24) is 4.90 Å². The van der Waals surface area contributed by atoms with Crippen LogP contribution in [-0.4, -0.2) is 49.2 Å². The molecule has 6 heteroatoms. The molecule has 0 saturated carbocycles. The molecule has 0 N–H and O–H groups in total. The lowest BCUT2D eigenvalue weighted by Crippen LogP contribution is -2.41. The Morgan fingerprint density at radius 3 is 2.36 bits per heavy atom. The van der Waals surface area contributed by atoms with Crippen LogP contribution in [0.1, 0.15) is 12.8 Å². The van der Waals surface area contributed by atoms with Crippen LogP contribution in [0.3, 0.4) is 0 Å². The van der Waals surface area contributed by atoms with Gasteiger partial charge in [-0.15, -0.1) is 0 Å². The fraction of sp³-hybridized carbons (Fsp3) is 0.875. The number of nitrogens with zero attached hydrogens (tertiary/aromatic N) is 1. The molecule has 0 aliphatic carbocycles. The molecule has 0 unspecified atom stereocenters. The molecule has 1 fully saturated rings. The van der Waals surface area contributed by atoms with Crippen LogP contribution in [0.25, 0.3) is 0 Å². The van der Waals surface area contributed by atoms with Crippen LogP contribution in [0.2, 0.25) is 0 Å². The number of rotatable bonds is 2. The first-order valence-corrected chi connectivity index (χ1v) is 7.45. The van der Waals surface area contributed by atoms with Gasteiger partial charge >= 0.3 is 0 Å². The number of carbonyl (C=O) groups excluding carboxylic acids is 1. The molecule has 0 spiro atoms. The van der Waals surface area contributed by atoms with Crippen LogP contribution in [0.4, 0.5) is 0 Å². The second-order valence-corrected chi connectivity index (χ2v) is 7.06. The van der Waals surface area contributed by atoms with Crippen LogP contribution in [0.15, 0.2) is 0 Å². The van der Waals surface area contributed by atoms with Gasteiger partial charge in [-0.2, -0.15) is 0 Å². The number of alkyl halides is 1. The summed E-state index contributed by atoms with van der Waals surface area (Å²) in [6.07, 6.45) is 2.88. The predicted molar refractivity (Wildman–Crippen MR) is 58.2 cm³/mol. The van der Waals surface area contributed by atoms with Crippen molar-refractivity contribution in [3.05, 3.63) is 0 Å². The highest BCUT2D eigenvalue weighted by atomic mass is 79.9. The van der Waals surface area contributed by atoms with E-state index in [0.29, 0.717) is 17.9 Å². The second kappa shape index (κ2) is 4.61. The molecular formula is C8H14BrNO3S. The average Bonchev–Trinajstić information content (AvgIpc) is 2.02. The molecule has 1 saturated heterocycles. The van der Waals surface area contributed by atoms with E-state index in [1.54, 1.807) is 4.90 Å². The number of hydrogen-bond donors (Lipinski definition) is 0. The van der Waals surface area contributed by atoms with Crippen LogP contribution >= 0.6 is 15.9 Å². The van der Waals surface area contributed by atoms with Gasteiger partial charge in [-0.25, -0.2) is 8.42 Å². The lowest BCUT2D eigenvalue weighted by molar-refractivity contribution is -0.129. The van der Waals surface area contributed by atoms with Crippen molar-refractivity contribution in [3.63, 3.8) is 0 Å². The first-order valence-electron chi connectivity index (χ1n) is 4.48. The van der Waals surface area contributed by atoms with Gasteiger partial charge in [0, 0.05) is 24.2 Å². The molecular weight excluding hydrogens is 270 g/mol. The van der Waals surface area contributed by atoms with E-state index >= 15 is 0 Å². The number of hydrogen-bond acceptors (Lipinski definition) is 3. The summed E-state index contributed by atoms with van der Waals surface area (Å²) < 4.78 is 21.8. The Labute approximate surface area is 92.7 Å². The Morgan fingerprint density at radius 2 is 1.93 bits per heavy atom. The number of amides is 1. The fourth-order valence-electron chi connectivity index (χ4n) is 1.41. The van der Waals surface area contributed by atoms with Gasteiger partial charge in [0.15, 0.2) is 9.84 Å². The third-order valence-corrected chi connectivity index (χ3v) is 3.85. The number of halogens is 1. The van der Waals surface area contributed by atoms with Crippen LogP contribution in [0.5, 0.6) is 0 Å². The molecule has 1 rings (SSSR count). The first kappa shape index (κ1) is 12.0. The maximum absolute atomic E-state index is 11.5. The summed E-state index contributed by atoms with van der Waals surface area (Å²) in [6, 6.07) is 0. The SMILES string of the molecule is CS(=O)(=O)CC(=O)N1CCC(Br)CC1. The Hall–Kier alpha value is -0.100. The molecule has 0 aromatic heterocycles. The first-order chi connectivity index (χ1) is 6.38. The molecule has 0 aromatic carbocycles. The van der Waals surface area contributed by atoms with Gasteiger partial charge in [0.2, 0.25) is 5.91 Å². The van der Waals surface area contributed by atoms with Crippen molar-refractivity contribution >= 4 is 31.7 Å². The summed E-state index contributed by atoms with van der Waals surface area (Å²) in [5.74, 6) is -0.633. The van der Waals surface area contributed by atoms with Gasteiger partial charge in [0.1, 0.15) is 5.75 Å². The number of piperidine rings is 1. The third-order valence-electron chi connectivity index (χ3n) is 2.16. The predicted octanol–water partition coefficient (Wildman–Crippen LogP) is 0.417. The van der Waals surface area contributed by atoms with Gasteiger partial charge < -0.3 is 4.90 Å². The monoisotopic (exact) mass is 283 g/mol. The van der Waals surface area contributed by atoms with Gasteiger partial charge in [-0.1, -0.05) is 15.9 Å². The molecule has 0 bridgehead atoms. The smallest absolute Gasteiger partial charge is 0.237 e. The average molecular weight is 284 g/mol. The van der Waals surface area contributed by atoms with Gasteiger partial charge in [0.25, 0.3) is 0 Å². The number of carbonyl (C=O) groups is 1. The Bertz CT molecular complexity index is 307. The minimum absolute atomic E-state index is 0.271. The number of likely N-dealkylation sites (tertiary alicyclic amines) is 1. The standard InChI is InChI=1S/C8H14BrNO3S/c1-14(12,13)6-8(11)10-4-2-7(9)3-5-10/h7H,2-6H2,1H3. The van der Waals surface area contributed by atoms with E-state index in [1.807, 2.05) is 0 Å². The van der Waals surface area contributed by atoms with Crippen molar-refractivity contribution in [2.24, 2.45) is 0 Å². The summed E-state index contributed by atoms with van der Waals surface area (Å²) in [4.78, 5) is 13.5. The van der Waals surface area contributed by atoms with E-state index in [9.17, 15) is 13.2 Å². The molecule has 0 radical (unpaired) electrons. The van der Waals surface area contributed by atoms with E-state index in [-0.39, 0.29) is 11.7 Å². The van der Waals surface area contributed by atoms with E-state index in [0.717, 1.165) is 19.1 Å². The normalized spacial score (nSPS) is 19.7. The molecule has 82 valence electrons. The largest absolute Gasteiger partial charge is 0.342 e. The van der Waals surface area contributed by atoms with Crippen LogP contribution in [0, 0.1) is 0 Å². The van der Waals surface area contributed by atoms with Crippen molar-refractivity contribution < 1.29 is 13.2 Å². The van der Waals surface area contributed by atoms with Crippen molar-refractivity contribution in [3.8, 4) is 0 Å². The van der Waals surface area contributed by atoms with Crippen LogP contribution in [-0.2, 0) is 14.6 Å². The Kier molecular flexibility index (Phi) is 3.94. The third kappa shape index (κ3) is 3.96. The molecule has 4 nitrogen and oxygen atoms in total. The Balaban J connectivity index is 2.46. The topological polar surface area (TPSA) is 54.5 Å². The molecule has 1 heterocycles. The van der Waals surface area contributed by atoms with E-state index in [2.05, 4.69) is 15.9 Å². The molecule has 0 atom stereocenters. The van der Waals surface area contributed by atoms with Gasteiger partial charge in [0.05, 0.1) is 0 Å². The van der Waals surface area contributed by atoms with Crippen molar-refractivity contribution in [2.75, 3.05) is 25.1 Å². The van der Waals surface area contributed by atoms with E-state index in [1.165, 1.54) is 0 Å². The minimum atomic E-state index is -3.19. The summed E-state index contributed by atoms with van der Waals surface area (Å²) in [6.45, 7) is 1.31. The molecule has 14 heavy (non-hydrogen) atoms. The molecule has 1 amide bonds.